The highest BCUT2D eigenvalue weighted by atomic mass is 79.9. The van der Waals surface area contributed by atoms with Crippen molar-refractivity contribution in [3.63, 3.8) is 0 Å². The van der Waals surface area contributed by atoms with Gasteiger partial charge in [0.25, 0.3) is 0 Å². The summed E-state index contributed by atoms with van der Waals surface area (Å²) in [5.41, 5.74) is 0.762. The maximum atomic E-state index is 11.7. The van der Waals surface area contributed by atoms with Crippen LogP contribution in [-0.2, 0) is 0 Å². The molecule has 0 unspecified atom stereocenters. The summed E-state index contributed by atoms with van der Waals surface area (Å²) in [5.74, 6) is 0.209. The van der Waals surface area contributed by atoms with Gasteiger partial charge in [0.15, 0.2) is 5.78 Å². The van der Waals surface area contributed by atoms with Gasteiger partial charge in [0.05, 0.1) is 0 Å². The number of rotatable bonds is 6. The molecule has 0 fully saturated rings. The zero-order chi connectivity index (χ0) is 11.1. The fourth-order valence-electron chi connectivity index (χ4n) is 1.34. The molecule has 0 atom stereocenters. The van der Waals surface area contributed by atoms with E-state index >= 15 is 0 Å². The largest absolute Gasteiger partial charge is 0.294 e. The van der Waals surface area contributed by atoms with Gasteiger partial charge >= 0.3 is 0 Å². The van der Waals surface area contributed by atoms with Crippen molar-refractivity contribution in [2.75, 3.05) is 5.33 Å². The van der Waals surface area contributed by atoms with Crippen LogP contribution in [-0.4, -0.2) is 11.1 Å². The van der Waals surface area contributed by atoms with E-state index in [9.17, 15) is 4.79 Å². The number of halogens is 2. The quantitative estimate of drug-likeness (QED) is 0.429. The number of Topliss-reactive ketones (excluding diaryl/α,β-unsaturated/α-hetero) is 1. The first-order valence-corrected chi connectivity index (χ1v) is 6.58. The standard InChI is InChI=1S/C12H14BrClO/c13-9-3-1-2-4-12(15)10-5-7-11(14)8-6-10/h5-8H,1-4,9H2. The maximum Gasteiger partial charge on any atom is 0.162 e. The van der Waals surface area contributed by atoms with E-state index in [0.29, 0.717) is 11.4 Å². The van der Waals surface area contributed by atoms with Gasteiger partial charge in [0.2, 0.25) is 0 Å². The highest BCUT2D eigenvalue weighted by Crippen LogP contribution is 2.13. The van der Waals surface area contributed by atoms with Crippen molar-refractivity contribution in [1.29, 1.82) is 0 Å². The highest BCUT2D eigenvalue weighted by Gasteiger charge is 2.04. The average Bonchev–Trinajstić information content (AvgIpc) is 2.25. The van der Waals surface area contributed by atoms with Crippen molar-refractivity contribution >= 4 is 33.3 Å². The number of hydrogen-bond donors (Lipinski definition) is 0. The number of carbonyl (C=O) groups excluding carboxylic acids is 1. The third kappa shape index (κ3) is 4.80. The molecule has 0 aliphatic heterocycles. The monoisotopic (exact) mass is 288 g/mol. The second kappa shape index (κ2) is 7.02. The maximum absolute atomic E-state index is 11.7. The number of ketones is 1. The third-order valence-corrected chi connectivity index (χ3v) is 3.02. The zero-order valence-electron chi connectivity index (χ0n) is 8.51. The van der Waals surface area contributed by atoms with Crippen LogP contribution in [0.2, 0.25) is 5.02 Å². The summed E-state index contributed by atoms with van der Waals surface area (Å²) in [6, 6.07) is 7.09. The molecule has 82 valence electrons. The van der Waals surface area contributed by atoms with Crippen molar-refractivity contribution in [1.82, 2.24) is 0 Å². The molecule has 1 aromatic carbocycles. The zero-order valence-corrected chi connectivity index (χ0v) is 10.9. The van der Waals surface area contributed by atoms with Crippen LogP contribution in [0.5, 0.6) is 0 Å². The Labute approximate surface area is 104 Å². The van der Waals surface area contributed by atoms with Crippen molar-refractivity contribution < 1.29 is 4.79 Å². The molecule has 1 aromatic rings. The van der Waals surface area contributed by atoms with Crippen LogP contribution in [0, 0.1) is 0 Å². The molecule has 15 heavy (non-hydrogen) atoms. The van der Waals surface area contributed by atoms with Gasteiger partial charge in [-0.05, 0) is 37.1 Å². The normalized spacial score (nSPS) is 10.3. The lowest BCUT2D eigenvalue weighted by Crippen LogP contribution is -1.98. The number of unbranched alkanes of at least 4 members (excludes halogenated alkanes) is 2. The van der Waals surface area contributed by atoms with Crippen molar-refractivity contribution in [3.8, 4) is 0 Å². The first kappa shape index (κ1) is 12.7. The Hall–Kier alpha value is -0.340. The highest BCUT2D eigenvalue weighted by molar-refractivity contribution is 9.09. The summed E-state index contributed by atoms with van der Waals surface area (Å²) >= 11 is 9.12. The number of hydrogen-bond acceptors (Lipinski definition) is 1. The molecule has 0 aromatic heterocycles. The summed E-state index contributed by atoms with van der Waals surface area (Å²) in [6.07, 6.45) is 3.83. The first-order valence-electron chi connectivity index (χ1n) is 5.09. The molecule has 3 heteroatoms. The van der Waals surface area contributed by atoms with Crippen LogP contribution < -0.4 is 0 Å². The Morgan fingerprint density at radius 1 is 1.13 bits per heavy atom. The second-order valence-electron chi connectivity index (χ2n) is 3.43. The molecule has 0 heterocycles. The molecular weight excluding hydrogens is 275 g/mol. The van der Waals surface area contributed by atoms with Gasteiger partial charge in [-0.25, -0.2) is 0 Å². The van der Waals surface area contributed by atoms with Gasteiger partial charge in [-0.1, -0.05) is 34.0 Å². The van der Waals surface area contributed by atoms with Gasteiger partial charge in [-0.2, -0.15) is 0 Å². The van der Waals surface area contributed by atoms with E-state index in [1.807, 2.05) is 0 Å². The summed E-state index contributed by atoms with van der Waals surface area (Å²) < 4.78 is 0. The molecule has 0 spiro atoms. The number of alkyl halides is 1. The average molecular weight is 290 g/mol. The molecule has 1 rings (SSSR count). The molecule has 0 bridgehead atoms. The Morgan fingerprint density at radius 2 is 1.80 bits per heavy atom. The summed E-state index contributed by atoms with van der Waals surface area (Å²) in [6.45, 7) is 0. The molecule has 1 nitrogen and oxygen atoms in total. The Balaban J connectivity index is 2.37. The van der Waals surface area contributed by atoms with Gasteiger partial charge < -0.3 is 0 Å². The molecule has 0 saturated heterocycles. The van der Waals surface area contributed by atoms with E-state index in [2.05, 4.69) is 15.9 Å². The smallest absolute Gasteiger partial charge is 0.162 e. The van der Waals surface area contributed by atoms with Gasteiger partial charge in [0.1, 0.15) is 0 Å². The van der Waals surface area contributed by atoms with Gasteiger partial charge in [-0.15, -0.1) is 0 Å². The lowest BCUT2D eigenvalue weighted by molar-refractivity contribution is 0.0979. The Morgan fingerprint density at radius 3 is 2.40 bits per heavy atom. The van der Waals surface area contributed by atoms with E-state index in [0.717, 1.165) is 30.2 Å². The SMILES string of the molecule is O=C(CCCCCBr)c1ccc(Cl)cc1. The van der Waals surface area contributed by atoms with E-state index in [-0.39, 0.29) is 5.78 Å². The number of carbonyl (C=O) groups is 1. The fourth-order valence-corrected chi connectivity index (χ4v) is 1.86. The summed E-state index contributed by atoms with van der Waals surface area (Å²) in [4.78, 5) is 11.7. The number of benzene rings is 1. The van der Waals surface area contributed by atoms with Gasteiger partial charge in [-0.3, -0.25) is 4.79 Å². The fraction of sp³-hybridized carbons (Fsp3) is 0.417. The molecule has 0 radical (unpaired) electrons. The minimum atomic E-state index is 0.209. The first-order chi connectivity index (χ1) is 7.24. The van der Waals surface area contributed by atoms with E-state index in [4.69, 9.17) is 11.6 Å². The van der Waals surface area contributed by atoms with E-state index < -0.39 is 0 Å². The lowest BCUT2D eigenvalue weighted by Gasteiger charge is -2.00. The van der Waals surface area contributed by atoms with Crippen LogP contribution in [0.15, 0.2) is 24.3 Å². The predicted octanol–water partition coefficient (Wildman–Crippen LogP) is 4.48. The van der Waals surface area contributed by atoms with Crippen LogP contribution in [0.3, 0.4) is 0 Å². The minimum Gasteiger partial charge on any atom is -0.294 e. The van der Waals surface area contributed by atoms with Crippen LogP contribution in [0.1, 0.15) is 36.0 Å². The molecule has 0 saturated carbocycles. The summed E-state index contributed by atoms with van der Waals surface area (Å²) in [7, 11) is 0. The topological polar surface area (TPSA) is 17.1 Å². The van der Waals surface area contributed by atoms with Crippen LogP contribution in [0.25, 0.3) is 0 Å². The van der Waals surface area contributed by atoms with Crippen LogP contribution in [0.4, 0.5) is 0 Å². The Kier molecular flexibility index (Phi) is 5.96. The van der Waals surface area contributed by atoms with Crippen LogP contribution >= 0.6 is 27.5 Å². The molecular formula is C12H14BrClO. The van der Waals surface area contributed by atoms with Crippen molar-refractivity contribution in [2.45, 2.75) is 25.7 Å². The Bertz CT molecular complexity index is 308. The van der Waals surface area contributed by atoms with Crippen molar-refractivity contribution in [3.05, 3.63) is 34.9 Å². The minimum absolute atomic E-state index is 0.209. The van der Waals surface area contributed by atoms with Crippen molar-refractivity contribution in [2.24, 2.45) is 0 Å². The second-order valence-corrected chi connectivity index (χ2v) is 4.66. The third-order valence-electron chi connectivity index (χ3n) is 2.20. The predicted molar refractivity (Wildman–Crippen MR) is 68.0 cm³/mol. The molecule has 0 aliphatic carbocycles. The molecule has 0 amide bonds. The van der Waals surface area contributed by atoms with E-state index in [1.54, 1.807) is 24.3 Å². The van der Waals surface area contributed by atoms with E-state index in [1.165, 1.54) is 0 Å². The summed E-state index contributed by atoms with van der Waals surface area (Å²) in [5, 5.41) is 1.69. The van der Waals surface area contributed by atoms with Gasteiger partial charge in [0, 0.05) is 22.3 Å². The molecule has 0 N–H and O–H groups in total. The molecule has 0 aliphatic rings. The lowest BCUT2D eigenvalue weighted by atomic mass is 10.1.